The first-order chi connectivity index (χ1) is 12.2. The number of hydrogen-bond acceptors (Lipinski definition) is 6. The van der Waals surface area contributed by atoms with Crippen molar-refractivity contribution < 1.29 is 9.84 Å². The average Bonchev–Trinajstić information content (AvgIpc) is 3.04. The third-order valence-corrected chi connectivity index (χ3v) is 4.64. The van der Waals surface area contributed by atoms with E-state index in [0.29, 0.717) is 12.6 Å². The minimum absolute atomic E-state index is 0.171. The number of nitrogens with zero attached hydrogens (tertiary/aromatic N) is 5. The predicted molar refractivity (Wildman–Crippen MR) is 97.5 cm³/mol. The molecule has 3 heterocycles. The van der Waals surface area contributed by atoms with E-state index in [1.54, 1.807) is 0 Å². The highest BCUT2D eigenvalue weighted by Crippen LogP contribution is 2.17. The summed E-state index contributed by atoms with van der Waals surface area (Å²) in [5.41, 5.74) is 2.09. The Hall–Kier alpha value is -1.54. The molecule has 2 aromatic rings. The van der Waals surface area contributed by atoms with Crippen molar-refractivity contribution in [1.82, 2.24) is 24.6 Å². The fourth-order valence-corrected chi connectivity index (χ4v) is 3.23. The highest BCUT2D eigenvalue weighted by Gasteiger charge is 2.14. The van der Waals surface area contributed by atoms with Crippen LogP contribution in [-0.4, -0.2) is 82.2 Å². The van der Waals surface area contributed by atoms with Gasteiger partial charge in [-0.1, -0.05) is 0 Å². The van der Waals surface area contributed by atoms with Gasteiger partial charge in [-0.05, 0) is 25.5 Å². The molecule has 0 aliphatic carbocycles. The molecule has 2 aromatic heterocycles. The molecule has 0 amide bonds. The first-order valence-electron chi connectivity index (χ1n) is 9.13. The van der Waals surface area contributed by atoms with Gasteiger partial charge >= 0.3 is 0 Å². The summed E-state index contributed by atoms with van der Waals surface area (Å²) < 4.78 is 7.35. The lowest BCUT2D eigenvalue weighted by molar-refractivity contribution is 0.0320. The van der Waals surface area contributed by atoms with Crippen molar-refractivity contribution in [3.05, 3.63) is 24.0 Å². The summed E-state index contributed by atoms with van der Waals surface area (Å²) in [5, 5.41) is 14.9. The number of aromatic nitrogens is 3. The lowest BCUT2D eigenvalue weighted by atomic mass is 10.2. The number of fused-ring (bicyclic) bond motifs is 1. The van der Waals surface area contributed by atoms with Gasteiger partial charge in [0.15, 0.2) is 5.65 Å². The smallest absolute Gasteiger partial charge is 0.157 e. The molecule has 0 radical (unpaired) electrons. The maximum Gasteiger partial charge on any atom is 0.157 e. The van der Waals surface area contributed by atoms with Gasteiger partial charge in [-0.3, -0.25) is 9.80 Å². The molecular formula is C18H29N5O2. The zero-order valence-corrected chi connectivity index (χ0v) is 15.3. The lowest BCUT2D eigenvalue weighted by Gasteiger charge is -2.29. The Morgan fingerprint density at radius 1 is 1.24 bits per heavy atom. The van der Waals surface area contributed by atoms with E-state index >= 15 is 0 Å². The molecule has 1 aliphatic heterocycles. The van der Waals surface area contributed by atoms with Crippen LogP contribution in [0.25, 0.3) is 11.0 Å². The van der Waals surface area contributed by atoms with E-state index in [-0.39, 0.29) is 6.61 Å². The molecule has 0 aromatic carbocycles. The van der Waals surface area contributed by atoms with Crippen LogP contribution in [-0.2, 0) is 11.3 Å². The molecule has 1 saturated heterocycles. The number of ether oxygens (including phenoxy) is 1. The topological polar surface area (TPSA) is 66.7 Å². The van der Waals surface area contributed by atoms with Gasteiger partial charge in [0, 0.05) is 56.9 Å². The largest absolute Gasteiger partial charge is 0.395 e. The zero-order chi connectivity index (χ0) is 17.6. The van der Waals surface area contributed by atoms with Crippen molar-refractivity contribution in [2.24, 2.45) is 0 Å². The number of aliphatic hydroxyl groups excluding tert-OH is 1. The molecule has 1 aliphatic rings. The summed E-state index contributed by atoms with van der Waals surface area (Å²) >= 11 is 0. The average molecular weight is 347 g/mol. The van der Waals surface area contributed by atoms with E-state index in [4.69, 9.17) is 4.74 Å². The fraction of sp³-hybridized carbons (Fsp3) is 0.667. The van der Waals surface area contributed by atoms with Crippen LogP contribution in [0, 0.1) is 0 Å². The summed E-state index contributed by atoms with van der Waals surface area (Å²) in [7, 11) is 0. The first kappa shape index (κ1) is 18.3. The molecule has 0 saturated carbocycles. The summed E-state index contributed by atoms with van der Waals surface area (Å²) in [6.07, 6.45) is 3.82. The van der Waals surface area contributed by atoms with E-state index < -0.39 is 0 Å². The van der Waals surface area contributed by atoms with Gasteiger partial charge in [0.05, 0.1) is 26.0 Å². The number of pyridine rings is 1. The second-order valence-electron chi connectivity index (χ2n) is 6.89. The minimum Gasteiger partial charge on any atom is -0.395 e. The molecule has 1 N–H and O–H groups in total. The predicted octanol–water partition coefficient (Wildman–Crippen LogP) is 1.14. The number of rotatable bonds is 8. The molecule has 7 heteroatoms. The van der Waals surface area contributed by atoms with Gasteiger partial charge in [-0.25, -0.2) is 9.67 Å². The van der Waals surface area contributed by atoms with Crippen LogP contribution in [0.1, 0.15) is 25.5 Å². The quantitative estimate of drug-likeness (QED) is 0.772. The standard InChI is InChI=1S/C18H29N5O2/c1-15(2)23-18-17(13-20-23)11-16(12-19-18)14-22(5-8-24)4-3-21-6-9-25-10-7-21/h11-13,15,24H,3-10,14H2,1-2H3. The lowest BCUT2D eigenvalue weighted by Crippen LogP contribution is -2.41. The molecule has 0 unspecified atom stereocenters. The highest BCUT2D eigenvalue weighted by atomic mass is 16.5. The third-order valence-electron chi connectivity index (χ3n) is 4.64. The molecular weight excluding hydrogens is 318 g/mol. The number of morpholine rings is 1. The maximum absolute atomic E-state index is 9.38. The summed E-state index contributed by atoms with van der Waals surface area (Å²) in [4.78, 5) is 9.31. The Balaban J connectivity index is 1.63. The molecule has 0 bridgehead atoms. The zero-order valence-electron chi connectivity index (χ0n) is 15.3. The maximum atomic E-state index is 9.38. The van der Waals surface area contributed by atoms with Crippen molar-refractivity contribution in [2.75, 3.05) is 52.5 Å². The second-order valence-corrected chi connectivity index (χ2v) is 6.89. The van der Waals surface area contributed by atoms with Gasteiger partial charge in [0.25, 0.3) is 0 Å². The third kappa shape index (κ3) is 4.76. The van der Waals surface area contributed by atoms with Crippen LogP contribution >= 0.6 is 0 Å². The van der Waals surface area contributed by atoms with E-state index in [1.165, 1.54) is 0 Å². The summed E-state index contributed by atoms with van der Waals surface area (Å²) in [6.45, 7) is 11.4. The van der Waals surface area contributed by atoms with Crippen LogP contribution in [0.15, 0.2) is 18.5 Å². The summed E-state index contributed by atoms with van der Waals surface area (Å²) in [6, 6.07) is 2.46. The molecule has 25 heavy (non-hydrogen) atoms. The van der Waals surface area contributed by atoms with Crippen molar-refractivity contribution in [3.8, 4) is 0 Å². The molecule has 0 atom stereocenters. The molecule has 138 valence electrons. The van der Waals surface area contributed by atoms with E-state index in [0.717, 1.165) is 62.5 Å². The van der Waals surface area contributed by atoms with Gasteiger partial charge in [0.2, 0.25) is 0 Å². The SMILES string of the molecule is CC(C)n1ncc2cc(CN(CCO)CCN3CCOCC3)cnc21. The monoisotopic (exact) mass is 347 g/mol. The van der Waals surface area contributed by atoms with Crippen LogP contribution in [0.4, 0.5) is 0 Å². The Kier molecular flexibility index (Phi) is 6.36. The van der Waals surface area contributed by atoms with Crippen molar-refractivity contribution >= 4 is 11.0 Å². The normalized spacial score (nSPS) is 16.4. The highest BCUT2D eigenvalue weighted by molar-refractivity contribution is 5.75. The Bertz CT molecular complexity index is 667. The van der Waals surface area contributed by atoms with Crippen molar-refractivity contribution in [3.63, 3.8) is 0 Å². The van der Waals surface area contributed by atoms with Crippen LogP contribution in [0.2, 0.25) is 0 Å². The van der Waals surface area contributed by atoms with E-state index in [9.17, 15) is 5.11 Å². The summed E-state index contributed by atoms with van der Waals surface area (Å²) in [5.74, 6) is 0. The van der Waals surface area contributed by atoms with Crippen molar-refractivity contribution in [2.45, 2.75) is 26.4 Å². The fourth-order valence-electron chi connectivity index (χ4n) is 3.23. The van der Waals surface area contributed by atoms with Gasteiger partial charge in [0.1, 0.15) is 0 Å². The minimum atomic E-state index is 0.171. The van der Waals surface area contributed by atoms with Gasteiger partial charge < -0.3 is 9.84 Å². The molecule has 1 fully saturated rings. The van der Waals surface area contributed by atoms with Crippen LogP contribution < -0.4 is 0 Å². The second kappa shape index (κ2) is 8.71. The van der Waals surface area contributed by atoms with Crippen LogP contribution in [0.3, 0.4) is 0 Å². The Morgan fingerprint density at radius 3 is 2.76 bits per heavy atom. The van der Waals surface area contributed by atoms with Gasteiger partial charge in [-0.2, -0.15) is 5.10 Å². The number of aliphatic hydroxyl groups is 1. The Labute approximate surface area is 149 Å². The van der Waals surface area contributed by atoms with Gasteiger partial charge in [-0.15, -0.1) is 0 Å². The Morgan fingerprint density at radius 2 is 2.04 bits per heavy atom. The van der Waals surface area contributed by atoms with Crippen LogP contribution in [0.5, 0.6) is 0 Å². The van der Waals surface area contributed by atoms with E-state index in [1.807, 2.05) is 17.1 Å². The van der Waals surface area contributed by atoms with E-state index in [2.05, 4.69) is 39.8 Å². The molecule has 3 rings (SSSR count). The molecule has 0 spiro atoms. The molecule has 7 nitrogen and oxygen atoms in total. The van der Waals surface area contributed by atoms with Crippen molar-refractivity contribution in [1.29, 1.82) is 0 Å². The first-order valence-corrected chi connectivity index (χ1v) is 9.13. The number of hydrogen-bond donors (Lipinski definition) is 1.